The Labute approximate surface area is 130 Å². The van der Waals surface area contributed by atoms with Gasteiger partial charge in [-0.15, -0.1) is 0 Å². The van der Waals surface area contributed by atoms with Crippen molar-refractivity contribution >= 4 is 0 Å². The average molecular weight is 291 g/mol. The third-order valence-electron chi connectivity index (χ3n) is 5.18. The molecule has 1 heterocycles. The van der Waals surface area contributed by atoms with Crippen molar-refractivity contribution in [1.82, 2.24) is 15.1 Å². The second kappa shape index (κ2) is 7.98. The first-order valence-corrected chi connectivity index (χ1v) is 8.95. The van der Waals surface area contributed by atoms with Crippen molar-refractivity contribution in [3.05, 3.63) is 18.0 Å². The van der Waals surface area contributed by atoms with Crippen molar-refractivity contribution in [2.75, 3.05) is 6.54 Å². The molecule has 0 amide bonds. The van der Waals surface area contributed by atoms with E-state index in [0.29, 0.717) is 12.1 Å². The average Bonchev–Trinajstić information content (AvgIpc) is 3.09. The number of nitrogens with zero attached hydrogens (tertiary/aromatic N) is 2. The number of hydrogen-bond acceptors (Lipinski definition) is 2. The Balaban J connectivity index is 2.00. The molecule has 21 heavy (non-hydrogen) atoms. The maximum absolute atomic E-state index is 4.84. The minimum absolute atomic E-state index is 0.558. The molecule has 1 N–H and O–H groups in total. The molecule has 3 unspecified atom stereocenters. The summed E-state index contributed by atoms with van der Waals surface area (Å²) in [6.45, 7) is 10.2. The van der Waals surface area contributed by atoms with E-state index in [4.69, 9.17) is 5.10 Å². The van der Waals surface area contributed by atoms with E-state index in [2.05, 4.69) is 50.0 Å². The molecule has 0 aliphatic heterocycles. The Hall–Kier alpha value is -0.830. The summed E-state index contributed by atoms with van der Waals surface area (Å²) in [4.78, 5) is 0. The second-order valence-electron chi connectivity index (χ2n) is 6.80. The summed E-state index contributed by atoms with van der Waals surface area (Å²) in [6.07, 6.45) is 9.74. The van der Waals surface area contributed by atoms with Gasteiger partial charge in [-0.3, -0.25) is 4.68 Å². The van der Waals surface area contributed by atoms with Gasteiger partial charge in [0, 0.05) is 18.7 Å². The molecule has 0 saturated heterocycles. The fraction of sp³-hybridized carbons (Fsp3) is 0.833. The third kappa shape index (κ3) is 4.32. The fourth-order valence-electron chi connectivity index (χ4n) is 3.86. The van der Waals surface area contributed by atoms with Crippen molar-refractivity contribution in [1.29, 1.82) is 0 Å². The Kier molecular flexibility index (Phi) is 6.28. The van der Waals surface area contributed by atoms with Gasteiger partial charge >= 0.3 is 0 Å². The lowest BCUT2D eigenvalue weighted by molar-refractivity contribution is 0.348. The van der Waals surface area contributed by atoms with Crippen LogP contribution in [0.2, 0.25) is 0 Å². The van der Waals surface area contributed by atoms with Gasteiger partial charge in [-0.25, -0.2) is 0 Å². The predicted octanol–water partition coefficient (Wildman–Crippen LogP) is 4.20. The van der Waals surface area contributed by atoms with Gasteiger partial charge in [0.25, 0.3) is 0 Å². The molecule has 0 spiro atoms. The molecule has 0 aromatic carbocycles. The van der Waals surface area contributed by atoms with Gasteiger partial charge in [0.05, 0.1) is 11.7 Å². The molecule has 1 aliphatic rings. The number of nitrogens with one attached hydrogen (secondary N) is 1. The summed E-state index contributed by atoms with van der Waals surface area (Å²) in [5.74, 6) is 1.73. The van der Waals surface area contributed by atoms with Gasteiger partial charge in [-0.1, -0.05) is 34.1 Å². The van der Waals surface area contributed by atoms with E-state index in [0.717, 1.165) is 37.6 Å². The Morgan fingerprint density at radius 1 is 1.29 bits per heavy atom. The van der Waals surface area contributed by atoms with E-state index in [1.807, 2.05) is 0 Å². The standard InChI is InChI=1S/C18H33N3/c1-5-17(6-2)21-11-10-16(20-21)13-18(19-7-3)15-9-8-14(4)12-15/h10-11,14-15,17-19H,5-9,12-13H2,1-4H3. The van der Waals surface area contributed by atoms with Crippen LogP contribution in [0.15, 0.2) is 12.3 Å². The van der Waals surface area contributed by atoms with E-state index in [9.17, 15) is 0 Å². The molecule has 120 valence electrons. The highest BCUT2D eigenvalue weighted by molar-refractivity contribution is 5.04. The number of aromatic nitrogens is 2. The molecule has 3 heteroatoms. The lowest BCUT2D eigenvalue weighted by atomic mass is 9.93. The van der Waals surface area contributed by atoms with Gasteiger partial charge < -0.3 is 5.32 Å². The molecule has 0 radical (unpaired) electrons. The zero-order valence-corrected chi connectivity index (χ0v) is 14.3. The minimum Gasteiger partial charge on any atom is -0.314 e. The largest absolute Gasteiger partial charge is 0.314 e. The van der Waals surface area contributed by atoms with Crippen molar-refractivity contribution in [2.24, 2.45) is 11.8 Å². The van der Waals surface area contributed by atoms with Crippen LogP contribution in [0.3, 0.4) is 0 Å². The molecule has 1 fully saturated rings. The first-order chi connectivity index (χ1) is 10.2. The van der Waals surface area contributed by atoms with Gasteiger partial charge in [0.1, 0.15) is 0 Å². The van der Waals surface area contributed by atoms with Gasteiger partial charge in [-0.2, -0.15) is 5.10 Å². The lowest BCUT2D eigenvalue weighted by Crippen LogP contribution is -2.37. The molecular weight excluding hydrogens is 258 g/mol. The van der Waals surface area contributed by atoms with Crippen molar-refractivity contribution in [3.63, 3.8) is 0 Å². The monoisotopic (exact) mass is 291 g/mol. The van der Waals surface area contributed by atoms with E-state index < -0.39 is 0 Å². The van der Waals surface area contributed by atoms with E-state index >= 15 is 0 Å². The van der Waals surface area contributed by atoms with Gasteiger partial charge in [0.2, 0.25) is 0 Å². The van der Waals surface area contributed by atoms with Crippen molar-refractivity contribution in [3.8, 4) is 0 Å². The predicted molar refractivity (Wildman–Crippen MR) is 89.5 cm³/mol. The van der Waals surface area contributed by atoms with E-state index in [1.54, 1.807) is 0 Å². The Morgan fingerprint density at radius 3 is 2.62 bits per heavy atom. The summed E-state index contributed by atoms with van der Waals surface area (Å²) in [6, 6.07) is 3.38. The van der Waals surface area contributed by atoms with Crippen LogP contribution in [0, 0.1) is 11.8 Å². The molecule has 2 rings (SSSR count). The minimum atomic E-state index is 0.558. The third-order valence-corrected chi connectivity index (χ3v) is 5.18. The summed E-state index contributed by atoms with van der Waals surface area (Å²) in [7, 11) is 0. The highest BCUT2D eigenvalue weighted by Gasteiger charge is 2.28. The van der Waals surface area contributed by atoms with E-state index in [-0.39, 0.29) is 0 Å². The first kappa shape index (κ1) is 16.5. The van der Waals surface area contributed by atoms with Gasteiger partial charge in [0.15, 0.2) is 0 Å². The van der Waals surface area contributed by atoms with Crippen LogP contribution in [0.4, 0.5) is 0 Å². The van der Waals surface area contributed by atoms with Crippen LogP contribution >= 0.6 is 0 Å². The smallest absolute Gasteiger partial charge is 0.0640 e. The van der Waals surface area contributed by atoms with Crippen LogP contribution in [-0.2, 0) is 6.42 Å². The quantitative estimate of drug-likeness (QED) is 0.778. The van der Waals surface area contributed by atoms with Crippen LogP contribution in [0.1, 0.15) is 71.5 Å². The van der Waals surface area contributed by atoms with Crippen LogP contribution < -0.4 is 5.32 Å². The first-order valence-electron chi connectivity index (χ1n) is 8.95. The highest BCUT2D eigenvalue weighted by Crippen LogP contribution is 2.33. The molecule has 0 bridgehead atoms. The SMILES string of the molecule is CCNC(Cc1ccn(C(CC)CC)n1)C1CCC(C)C1. The van der Waals surface area contributed by atoms with Crippen LogP contribution in [0.5, 0.6) is 0 Å². The Bertz CT molecular complexity index is 408. The summed E-state index contributed by atoms with van der Waals surface area (Å²) < 4.78 is 2.18. The zero-order valence-electron chi connectivity index (χ0n) is 14.3. The number of likely N-dealkylation sites (N-methyl/N-ethyl adjacent to an activating group) is 1. The lowest BCUT2D eigenvalue weighted by Gasteiger charge is -2.24. The van der Waals surface area contributed by atoms with Crippen molar-refractivity contribution in [2.45, 2.75) is 78.3 Å². The van der Waals surface area contributed by atoms with E-state index in [1.165, 1.54) is 25.0 Å². The van der Waals surface area contributed by atoms with Crippen molar-refractivity contribution < 1.29 is 0 Å². The molecule has 1 saturated carbocycles. The second-order valence-corrected chi connectivity index (χ2v) is 6.80. The summed E-state index contributed by atoms with van der Waals surface area (Å²) in [5.41, 5.74) is 1.26. The molecular formula is C18H33N3. The summed E-state index contributed by atoms with van der Waals surface area (Å²) >= 11 is 0. The topological polar surface area (TPSA) is 29.9 Å². The van der Waals surface area contributed by atoms with Crippen LogP contribution in [0.25, 0.3) is 0 Å². The maximum Gasteiger partial charge on any atom is 0.0640 e. The number of rotatable bonds is 8. The molecule has 1 aromatic rings. The zero-order chi connectivity index (χ0) is 15.2. The molecule has 1 aromatic heterocycles. The fourth-order valence-corrected chi connectivity index (χ4v) is 3.86. The Morgan fingerprint density at radius 2 is 2.05 bits per heavy atom. The molecule has 3 nitrogen and oxygen atoms in total. The van der Waals surface area contributed by atoms with Gasteiger partial charge in [-0.05, 0) is 50.1 Å². The molecule has 1 aliphatic carbocycles. The highest BCUT2D eigenvalue weighted by atomic mass is 15.3. The number of hydrogen-bond donors (Lipinski definition) is 1. The summed E-state index contributed by atoms with van der Waals surface area (Å²) in [5, 5.41) is 8.55. The molecule has 3 atom stereocenters. The van der Waals surface area contributed by atoms with Crippen LogP contribution in [-0.4, -0.2) is 22.4 Å². The maximum atomic E-state index is 4.84. The normalized spacial score (nSPS) is 23.9.